The normalized spacial score (nSPS) is 23.1. The van der Waals surface area contributed by atoms with Gasteiger partial charge in [-0.05, 0) is 26.7 Å². The van der Waals surface area contributed by atoms with Crippen LogP contribution in [0.3, 0.4) is 0 Å². The molecule has 1 unspecified atom stereocenters. The van der Waals surface area contributed by atoms with Gasteiger partial charge in [-0.25, -0.2) is 9.78 Å². The van der Waals surface area contributed by atoms with Crippen LogP contribution >= 0.6 is 11.3 Å². The number of thiazole rings is 1. The molecular formula is C12H15N3O2S. The summed E-state index contributed by atoms with van der Waals surface area (Å²) in [6, 6.07) is -0.334. The van der Waals surface area contributed by atoms with Crippen LogP contribution in [-0.2, 0) is 11.3 Å². The van der Waals surface area contributed by atoms with Gasteiger partial charge in [0, 0.05) is 11.4 Å². The number of carbonyl (C=O) groups is 2. The average Bonchev–Trinajstić information content (AvgIpc) is 2.95. The number of fused-ring (bicyclic) bond motifs is 1. The number of nitrogens with zero attached hydrogens (tertiary/aromatic N) is 3. The third-order valence-corrected chi connectivity index (χ3v) is 4.64. The Kier molecular flexibility index (Phi) is 2.62. The molecule has 3 rings (SSSR count). The molecule has 2 fully saturated rings. The van der Waals surface area contributed by atoms with E-state index in [1.165, 1.54) is 4.90 Å². The Bertz CT molecular complexity index is 503. The molecule has 2 saturated heterocycles. The quantitative estimate of drug-likeness (QED) is 0.765. The molecule has 18 heavy (non-hydrogen) atoms. The molecule has 6 heteroatoms. The lowest BCUT2D eigenvalue weighted by molar-refractivity contribution is -0.128. The lowest BCUT2D eigenvalue weighted by atomic mass is 10.2. The molecule has 0 N–H and O–H groups in total. The molecule has 96 valence electrons. The highest BCUT2D eigenvalue weighted by Gasteiger charge is 2.47. The van der Waals surface area contributed by atoms with Gasteiger partial charge in [0.2, 0.25) is 0 Å². The van der Waals surface area contributed by atoms with Crippen LogP contribution in [0.25, 0.3) is 0 Å². The summed E-state index contributed by atoms with van der Waals surface area (Å²) in [6.07, 6.45) is 1.75. The van der Waals surface area contributed by atoms with E-state index in [1.54, 1.807) is 16.2 Å². The van der Waals surface area contributed by atoms with Crippen molar-refractivity contribution in [2.24, 2.45) is 0 Å². The molecule has 2 aliphatic heterocycles. The fraction of sp³-hybridized carbons (Fsp3) is 0.583. The van der Waals surface area contributed by atoms with Crippen LogP contribution in [-0.4, -0.2) is 39.3 Å². The van der Waals surface area contributed by atoms with E-state index < -0.39 is 0 Å². The van der Waals surface area contributed by atoms with Gasteiger partial charge >= 0.3 is 6.03 Å². The molecule has 3 heterocycles. The first-order chi connectivity index (χ1) is 8.58. The maximum Gasteiger partial charge on any atom is 0.327 e. The van der Waals surface area contributed by atoms with Crippen molar-refractivity contribution in [1.82, 2.24) is 14.8 Å². The van der Waals surface area contributed by atoms with Gasteiger partial charge in [0.05, 0.1) is 17.2 Å². The molecule has 1 aromatic heterocycles. The van der Waals surface area contributed by atoms with Gasteiger partial charge in [-0.2, -0.15) is 0 Å². The van der Waals surface area contributed by atoms with Gasteiger partial charge in [0.1, 0.15) is 6.04 Å². The van der Waals surface area contributed by atoms with E-state index in [-0.39, 0.29) is 18.0 Å². The Hall–Kier alpha value is -1.43. The molecule has 0 bridgehead atoms. The van der Waals surface area contributed by atoms with Crippen LogP contribution in [0, 0.1) is 13.8 Å². The standard InChI is InChI=1S/C12H15N3O2S/c1-7-10(18-8(2)13-7)6-15-11(16)9-4-3-5-14(9)12(15)17/h9H,3-6H2,1-2H3. The highest BCUT2D eigenvalue weighted by Crippen LogP contribution is 2.30. The lowest BCUT2D eigenvalue weighted by Gasteiger charge is -2.14. The SMILES string of the molecule is Cc1nc(C)c(CN2C(=O)C3CCCN3C2=O)s1. The Morgan fingerprint density at radius 3 is 2.78 bits per heavy atom. The van der Waals surface area contributed by atoms with Gasteiger partial charge in [0.25, 0.3) is 5.91 Å². The molecule has 2 aliphatic rings. The molecule has 0 aliphatic carbocycles. The topological polar surface area (TPSA) is 53.5 Å². The summed E-state index contributed by atoms with van der Waals surface area (Å²) in [7, 11) is 0. The third kappa shape index (κ3) is 1.63. The molecule has 0 spiro atoms. The van der Waals surface area contributed by atoms with Gasteiger partial charge in [-0.3, -0.25) is 9.69 Å². The van der Waals surface area contributed by atoms with Crippen molar-refractivity contribution in [3.63, 3.8) is 0 Å². The monoisotopic (exact) mass is 265 g/mol. The highest BCUT2D eigenvalue weighted by atomic mass is 32.1. The van der Waals surface area contributed by atoms with E-state index in [0.29, 0.717) is 13.1 Å². The van der Waals surface area contributed by atoms with Gasteiger partial charge in [-0.1, -0.05) is 0 Å². The van der Waals surface area contributed by atoms with E-state index in [2.05, 4.69) is 4.98 Å². The number of hydrogen-bond acceptors (Lipinski definition) is 4. The van der Waals surface area contributed by atoms with Crippen molar-refractivity contribution in [3.05, 3.63) is 15.6 Å². The zero-order valence-electron chi connectivity index (χ0n) is 10.5. The first-order valence-electron chi connectivity index (χ1n) is 6.13. The number of carbonyl (C=O) groups excluding carboxylic acids is 2. The van der Waals surface area contributed by atoms with Crippen molar-refractivity contribution in [3.8, 4) is 0 Å². The van der Waals surface area contributed by atoms with Crippen LogP contribution in [0.1, 0.15) is 28.4 Å². The molecule has 5 nitrogen and oxygen atoms in total. The number of rotatable bonds is 2. The average molecular weight is 265 g/mol. The third-order valence-electron chi connectivity index (χ3n) is 3.58. The minimum Gasteiger partial charge on any atom is -0.312 e. The maximum absolute atomic E-state index is 12.2. The maximum atomic E-state index is 12.2. The van der Waals surface area contributed by atoms with Crippen molar-refractivity contribution < 1.29 is 9.59 Å². The smallest absolute Gasteiger partial charge is 0.312 e. The largest absolute Gasteiger partial charge is 0.327 e. The number of imide groups is 1. The van der Waals surface area contributed by atoms with Gasteiger partial charge in [-0.15, -0.1) is 11.3 Å². The Morgan fingerprint density at radius 2 is 2.17 bits per heavy atom. The van der Waals surface area contributed by atoms with Crippen molar-refractivity contribution in [2.75, 3.05) is 6.54 Å². The number of urea groups is 1. The Morgan fingerprint density at radius 1 is 1.39 bits per heavy atom. The lowest BCUT2D eigenvalue weighted by Crippen LogP contribution is -2.32. The van der Waals surface area contributed by atoms with Crippen LogP contribution in [0.15, 0.2) is 0 Å². The summed E-state index contributed by atoms with van der Waals surface area (Å²) >= 11 is 1.56. The summed E-state index contributed by atoms with van der Waals surface area (Å²) in [5, 5.41) is 0.974. The zero-order valence-corrected chi connectivity index (χ0v) is 11.3. The van der Waals surface area contributed by atoms with Gasteiger partial charge in [0.15, 0.2) is 0 Å². The van der Waals surface area contributed by atoms with Crippen LogP contribution < -0.4 is 0 Å². The predicted octanol–water partition coefficient (Wildman–Crippen LogP) is 1.69. The number of hydrogen-bond donors (Lipinski definition) is 0. The summed E-state index contributed by atoms with van der Waals surface area (Å²) in [4.78, 5) is 32.7. The summed E-state index contributed by atoms with van der Waals surface area (Å²) in [5.74, 6) is -0.0389. The second-order valence-corrected chi connectivity index (χ2v) is 6.09. The molecule has 1 atom stereocenters. The predicted molar refractivity (Wildman–Crippen MR) is 67.3 cm³/mol. The molecule has 0 radical (unpaired) electrons. The first kappa shape index (κ1) is 11.6. The second kappa shape index (κ2) is 4.05. The Balaban J connectivity index is 1.83. The summed E-state index contributed by atoms with van der Waals surface area (Å²) in [5.41, 5.74) is 0.921. The zero-order chi connectivity index (χ0) is 12.9. The van der Waals surface area contributed by atoms with E-state index >= 15 is 0 Å². The number of aryl methyl sites for hydroxylation is 2. The molecule has 3 amide bonds. The second-order valence-electron chi connectivity index (χ2n) is 4.80. The van der Waals surface area contributed by atoms with E-state index in [0.717, 1.165) is 28.4 Å². The number of aromatic nitrogens is 1. The highest BCUT2D eigenvalue weighted by molar-refractivity contribution is 7.11. The van der Waals surface area contributed by atoms with E-state index in [4.69, 9.17) is 0 Å². The molecule has 0 saturated carbocycles. The summed E-state index contributed by atoms with van der Waals surface area (Å²) in [6.45, 7) is 4.95. The van der Waals surface area contributed by atoms with Crippen LogP contribution in [0.4, 0.5) is 4.79 Å². The fourth-order valence-corrected chi connectivity index (χ4v) is 3.62. The van der Waals surface area contributed by atoms with Crippen molar-refractivity contribution in [2.45, 2.75) is 39.3 Å². The van der Waals surface area contributed by atoms with Crippen molar-refractivity contribution in [1.29, 1.82) is 0 Å². The fourth-order valence-electron chi connectivity index (χ4n) is 2.69. The van der Waals surface area contributed by atoms with E-state index in [1.807, 2.05) is 13.8 Å². The molecule has 0 aromatic carbocycles. The van der Waals surface area contributed by atoms with E-state index in [9.17, 15) is 9.59 Å². The van der Waals surface area contributed by atoms with Crippen LogP contribution in [0.5, 0.6) is 0 Å². The molecular weight excluding hydrogens is 250 g/mol. The van der Waals surface area contributed by atoms with Crippen molar-refractivity contribution >= 4 is 23.3 Å². The minimum absolute atomic E-state index is 0.0389. The van der Waals surface area contributed by atoms with Gasteiger partial charge < -0.3 is 4.90 Å². The minimum atomic E-state index is -0.202. The van der Waals surface area contributed by atoms with Crippen LogP contribution in [0.2, 0.25) is 0 Å². The Labute approximate surface area is 109 Å². The number of amides is 3. The molecule has 1 aromatic rings. The first-order valence-corrected chi connectivity index (χ1v) is 6.94. The summed E-state index contributed by atoms with van der Waals surface area (Å²) < 4.78 is 0.